The first-order valence-electron chi connectivity index (χ1n) is 3.23. The zero-order chi connectivity index (χ0) is 7.33. The van der Waals surface area contributed by atoms with E-state index in [1.807, 2.05) is 6.92 Å². The summed E-state index contributed by atoms with van der Waals surface area (Å²) in [4.78, 5) is 0. The van der Waals surface area contributed by atoms with Gasteiger partial charge in [-0.25, -0.2) is 0 Å². The zero-order valence-electron chi connectivity index (χ0n) is 5.67. The standard InChI is InChI=1S/C6H14O3.Ca.2H/c1-2-3-4-5-6(7,8)9;;;/h7-9H,2-5H2,1H3;;;. The molecule has 0 bridgehead atoms. The number of hydrogen-bond acceptors (Lipinski definition) is 3. The maximum absolute atomic E-state index is 8.36. The molecule has 4 heteroatoms. The summed E-state index contributed by atoms with van der Waals surface area (Å²) < 4.78 is 0. The molecule has 3 N–H and O–H groups in total. The Kier molecular flexibility index (Phi) is 9.36. The molecule has 10 heavy (non-hydrogen) atoms. The van der Waals surface area contributed by atoms with Crippen LogP contribution in [0.5, 0.6) is 0 Å². The van der Waals surface area contributed by atoms with Crippen molar-refractivity contribution >= 4 is 37.7 Å². The van der Waals surface area contributed by atoms with E-state index in [4.69, 9.17) is 15.3 Å². The summed E-state index contributed by atoms with van der Waals surface area (Å²) in [5.41, 5.74) is 0. The fraction of sp³-hybridized carbons (Fsp3) is 1.00. The summed E-state index contributed by atoms with van der Waals surface area (Å²) >= 11 is 0. The Morgan fingerprint density at radius 3 is 1.90 bits per heavy atom. The second-order valence-corrected chi connectivity index (χ2v) is 2.23. The molecule has 0 aromatic heterocycles. The van der Waals surface area contributed by atoms with E-state index in [9.17, 15) is 0 Å². The first-order valence-corrected chi connectivity index (χ1v) is 3.23. The van der Waals surface area contributed by atoms with Crippen molar-refractivity contribution in [1.82, 2.24) is 0 Å². The van der Waals surface area contributed by atoms with Crippen LogP contribution in [0.3, 0.4) is 0 Å². The first kappa shape index (κ1) is 13.7. The number of rotatable bonds is 4. The third-order valence-corrected chi connectivity index (χ3v) is 1.12. The maximum atomic E-state index is 8.36. The van der Waals surface area contributed by atoms with E-state index < -0.39 is 5.97 Å². The van der Waals surface area contributed by atoms with Crippen molar-refractivity contribution in [2.45, 2.75) is 38.6 Å². The van der Waals surface area contributed by atoms with Crippen LogP contribution in [0, 0.1) is 0 Å². The van der Waals surface area contributed by atoms with E-state index in [0.717, 1.165) is 12.8 Å². The molecule has 0 radical (unpaired) electrons. The number of hydrogen-bond donors (Lipinski definition) is 3. The van der Waals surface area contributed by atoms with Crippen molar-refractivity contribution in [3.63, 3.8) is 0 Å². The molecule has 0 saturated carbocycles. The number of unbranched alkanes of at least 4 members (excludes halogenated alkanes) is 2. The van der Waals surface area contributed by atoms with Crippen LogP contribution in [0.4, 0.5) is 0 Å². The molecular weight excluding hydrogens is 160 g/mol. The van der Waals surface area contributed by atoms with Crippen molar-refractivity contribution in [1.29, 1.82) is 0 Å². The molecule has 0 aliphatic heterocycles. The van der Waals surface area contributed by atoms with Gasteiger partial charge in [0.05, 0.1) is 0 Å². The van der Waals surface area contributed by atoms with Crippen LogP contribution in [0.1, 0.15) is 32.6 Å². The molecule has 0 spiro atoms. The Labute approximate surface area is 91.1 Å². The molecule has 0 amide bonds. The van der Waals surface area contributed by atoms with Crippen molar-refractivity contribution in [3.8, 4) is 0 Å². The van der Waals surface area contributed by atoms with Gasteiger partial charge in [-0.3, -0.25) is 0 Å². The predicted molar refractivity (Wildman–Crippen MR) is 42.1 cm³/mol. The summed E-state index contributed by atoms with van der Waals surface area (Å²) in [7, 11) is 0. The molecule has 0 aromatic rings. The van der Waals surface area contributed by atoms with Crippen LogP contribution >= 0.6 is 0 Å². The fourth-order valence-corrected chi connectivity index (χ4v) is 0.612. The van der Waals surface area contributed by atoms with Crippen LogP contribution in [0.2, 0.25) is 0 Å². The number of aliphatic hydroxyl groups is 3. The summed E-state index contributed by atoms with van der Waals surface area (Å²) in [6.07, 6.45) is 2.63. The van der Waals surface area contributed by atoms with Gasteiger partial charge in [-0.15, -0.1) is 0 Å². The molecule has 60 valence electrons. The van der Waals surface area contributed by atoms with Crippen LogP contribution in [0.15, 0.2) is 0 Å². The van der Waals surface area contributed by atoms with Gasteiger partial charge < -0.3 is 15.3 Å². The van der Waals surface area contributed by atoms with Gasteiger partial charge in [0.25, 0.3) is 5.97 Å². The Balaban J connectivity index is 0. The Morgan fingerprint density at radius 1 is 1.10 bits per heavy atom. The molecule has 3 nitrogen and oxygen atoms in total. The molecule has 0 atom stereocenters. The summed E-state index contributed by atoms with van der Waals surface area (Å²) in [6.45, 7) is 2.01. The van der Waals surface area contributed by atoms with E-state index in [-0.39, 0.29) is 44.2 Å². The van der Waals surface area contributed by atoms with Gasteiger partial charge in [0.1, 0.15) is 0 Å². The van der Waals surface area contributed by atoms with E-state index in [2.05, 4.69) is 0 Å². The van der Waals surface area contributed by atoms with Gasteiger partial charge >= 0.3 is 37.7 Å². The first-order chi connectivity index (χ1) is 4.06. The minimum absolute atomic E-state index is 0. The molecule has 0 aliphatic carbocycles. The Morgan fingerprint density at radius 2 is 1.60 bits per heavy atom. The van der Waals surface area contributed by atoms with Gasteiger partial charge in [0.15, 0.2) is 0 Å². The molecule has 0 aromatic carbocycles. The van der Waals surface area contributed by atoms with Crippen LogP contribution in [-0.4, -0.2) is 59.0 Å². The summed E-state index contributed by atoms with van der Waals surface area (Å²) in [5, 5.41) is 25.1. The van der Waals surface area contributed by atoms with Crippen molar-refractivity contribution in [2.75, 3.05) is 0 Å². The van der Waals surface area contributed by atoms with Crippen LogP contribution in [0.25, 0.3) is 0 Å². The average molecular weight is 176 g/mol. The van der Waals surface area contributed by atoms with E-state index in [0.29, 0.717) is 6.42 Å². The van der Waals surface area contributed by atoms with Crippen molar-refractivity contribution in [2.24, 2.45) is 0 Å². The quantitative estimate of drug-likeness (QED) is 0.301. The third-order valence-electron chi connectivity index (χ3n) is 1.12. The van der Waals surface area contributed by atoms with Gasteiger partial charge in [-0.2, -0.15) is 0 Å². The molecule has 0 heterocycles. The molecule has 0 aliphatic rings. The average Bonchev–Trinajstić information content (AvgIpc) is 1.63. The molecule has 0 rings (SSSR count). The zero-order valence-corrected chi connectivity index (χ0v) is 5.67. The second-order valence-electron chi connectivity index (χ2n) is 2.23. The summed E-state index contributed by atoms with van der Waals surface area (Å²) in [5.74, 6) is -2.45. The molecule has 0 unspecified atom stereocenters. The van der Waals surface area contributed by atoms with E-state index in [1.165, 1.54) is 0 Å². The van der Waals surface area contributed by atoms with Crippen LogP contribution in [-0.2, 0) is 0 Å². The Hall–Kier alpha value is 1.14. The monoisotopic (exact) mass is 176 g/mol. The van der Waals surface area contributed by atoms with Gasteiger partial charge in [-0.05, 0) is 6.42 Å². The molecule has 0 saturated heterocycles. The summed E-state index contributed by atoms with van der Waals surface area (Å²) in [6, 6.07) is 0. The van der Waals surface area contributed by atoms with Gasteiger partial charge in [0, 0.05) is 6.42 Å². The Bertz CT molecular complexity index is 69.9. The predicted octanol–water partition coefficient (Wildman–Crippen LogP) is -0.719. The van der Waals surface area contributed by atoms with Gasteiger partial charge in [-0.1, -0.05) is 19.8 Å². The third kappa shape index (κ3) is 11.9. The fourth-order valence-electron chi connectivity index (χ4n) is 0.612. The minimum atomic E-state index is -2.45. The SMILES string of the molecule is CCCCCC(O)(O)O.[CaH2]. The topological polar surface area (TPSA) is 60.7 Å². The van der Waals surface area contributed by atoms with Gasteiger partial charge in [0.2, 0.25) is 0 Å². The normalized spacial score (nSPS) is 10.8. The molecular formula is C6H16CaO3. The van der Waals surface area contributed by atoms with E-state index >= 15 is 0 Å². The second kappa shape index (κ2) is 6.83. The molecule has 0 fully saturated rings. The van der Waals surface area contributed by atoms with Crippen molar-refractivity contribution < 1.29 is 15.3 Å². The van der Waals surface area contributed by atoms with E-state index in [1.54, 1.807) is 0 Å². The van der Waals surface area contributed by atoms with Crippen molar-refractivity contribution in [3.05, 3.63) is 0 Å². The van der Waals surface area contributed by atoms with Crippen LogP contribution < -0.4 is 0 Å².